The highest BCUT2D eigenvalue weighted by atomic mass is 127. The molecule has 0 aromatic carbocycles. The maximum Gasteiger partial charge on any atom is 0.213 e. The van der Waals surface area contributed by atoms with Gasteiger partial charge in [-0.05, 0) is 68.5 Å². The molecular weight excluding hydrogens is 521 g/mol. The average molecular weight is 556 g/mol. The summed E-state index contributed by atoms with van der Waals surface area (Å²) >= 11 is 1.82. The molecule has 1 aliphatic heterocycles. The van der Waals surface area contributed by atoms with Crippen LogP contribution in [0.5, 0.6) is 5.88 Å². The highest BCUT2D eigenvalue weighted by Gasteiger charge is 2.21. The Balaban J connectivity index is 0.00000272. The first-order valence-electron chi connectivity index (χ1n) is 11.2. The van der Waals surface area contributed by atoms with E-state index in [2.05, 4.69) is 51.0 Å². The van der Waals surface area contributed by atoms with Gasteiger partial charge in [-0.2, -0.15) is 0 Å². The Hall–Kier alpha value is -1.55. The Morgan fingerprint density at radius 1 is 1.19 bits per heavy atom. The number of aliphatic imine (C=N–C) groups is 1. The van der Waals surface area contributed by atoms with Gasteiger partial charge in [-0.15, -0.1) is 35.3 Å². The number of anilines is 1. The number of hydrogen-bond acceptors (Lipinski definition) is 5. The van der Waals surface area contributed by atoms with Gasteiger partial charge < -0.3 is 20.3 Å². The second kappa shape index (κ2) is 12.5. The lowest BCUT2D eigenvalue weighted by atomic mass is 10.1. The van der Waals surface area contributed by atoms with E-state index < -0.39 is 0 Å². The van der Waals surface area contributed by atoms with Crippen molar-refractivity contribution < 1.29 is 4.74 Å². The van der Waals surface area contributed by atoms with Gasteiger partial charge in [0.05, 0.1) is 11.5 Å². The maximum absolute atomic E-state index is 5.96. The molecule has 31 heavy (non-hydrogen) atoms. The molecule has 1 saturated carbocycles. The Kier molecular flexibility index (Phi) is 9.70. The molecular formula is C23H34IN5OS. The molecule has 8 heteroatoms. The number of pyridine rings is 1. The smallest absolute Gasteiger partial charge is 0.213 e. The first-order valence-corrected chi connectivity index (χ1v) is 12.1. The molecule has 170 valence electrons. The van der Waals surface area contributed by atoms with Crippen LogP contribution in [0.25, 0.3) is 0 Å². The van der Waals surface area contributed by atoms with Crippen molar-refractivity contribution in [2.75, 3.05) is 24.5 Å². The van der Waals surface area contributed by atoms with Crippen LogP contribution in [0.3, 0.4) is 0 Å². The fourth-order valence-corrected chi connectivity index (χ4v) is 4.91. The first-order chi connectivity index (χ1) is 14.8. The monoisotopic (exact) mass is 555 g/mol. The Morgan fingerprint density at radius 3 is 2.65 bits per heavy atom. The number of nitrogens with one attached hydrogen (secondary N) is 2. The minimum atomic E-state index is 0. The standard InChI is InChI=1S/C23H33N5OS.HI/c1-2-24-23(27-19-11-13-28(14-12-19)22-8-5-15-30-22)26-17-18-9-10-21(25-16-18)29-20-6-3-4-7-20;/h5,8-10,15-16,19-20H,2-4,6-7,11-14,17H2,1H3,(H2,24,26,27);1H. The zero-order valence-electron chi connectivity index (χ0n) is 18.3. The second-order valence-electron chi connectivity index (χ2n) is 8.08. The molecule has 2 fully saturated rings. The number of ether oxygens (including phenoxy) is 1. The zero-order chi connectivity index (χ0) is 20.6. The van der Waals surface area contributed by atoms with Crippen LogP contribution < -0.4 is 20.3 Å². The molecule has 2 aromatic rings. The Labute approximate surface area is 206 Å². The normalized spacial score (nSPS) is 18.0. The fraction of sp³-hybridized carbons (Fsp3) is 0.565. The second-order valence-corrected chi connectivity index (χ2v) is 9.01. The van der Waals surface area contributed by atoms with Crippen LogP contribution in [0, 0.1) is 0 Å². The van der Waals surface area contributed by atoms with Crippen LogP contribution in [-0.2, 0) is 6.54 Å². The molecule has 0 unspecified atom stereocenters. The van der Waals surface area contributed by atoms with E-state index in [-0.39, 0.29) is 24.0 Å². The molecule has 3 heterocycles. The van der Waals surface area contributed by atoms with Crippen LogP contribution >= 0.6 is 35.3 Å². The molecule has 1 aliphatic carbocycles. The van der Waals surface area contributed by atoms with Crippen LogP contribution in [-0.4, -0.2) is 42.7 Å². The van der Waals surface area contributed by atoms with E-state index in [1.165, 1.54) is 17.8 Å². The first kappa shape index (κ1) is 24.1. The molecule has 2 aromatic heterocycles. The third-order valence-corrected chi connectivity index (χ3v) is 6.73. The van der Waals surface area contributed by atoms with Crippen LogP contribution in [0.4, 0.5) is 5.00 Å². The lowest BCUT2D eigenvalue weighted by Gasteiger charge is -2.33. The summed E-state index contributed by atoms with van der Waals surface area (Å²) in [5.41, 5.74) is 1.10. The maximum atomic E-state index is 5.96. The topological polar surface area (TPSA) is 61.8 Å². The molecule has 0 radical (unpaired) electrons. The molecule has 0 spiro atoms. The largest absolute Gasteiger partial charge is 0.474 e. The van der Waals surface area contributed by atoms with Crippen molar-refractivity contribution in [1.29, 1.82) is 0 Å². The van der Waals surface area contributed by atoms with Crippen molar-refractivity contribution in [3.05, 3.63) is 41.4 Å². The van der Waals surface area contributed by atoms with Crippen LogP contribution in [0.1, 0.15) is 51.0 Å². The van der Waals surface area contributed by atoms with Crippen molar-refractivity contribution in [2.24, 2.45) is 4.99 Å². The Bertz CT molecular complexity index is 785. The van der Waals surface area contributed by atoms with Gasteiger partial charge in [-0.3, -0.25) is 0 Å². The number of aromatic nitrogens is 1. The summed E-state index contributed by atoms with van der Waals surface area (Å²) in [6, 6.07) is 8.84. The van der Waals surface area contributed by atoms with Gasteiger partial charge in [0.25, 0.3) is 0 Å². The summed E-state index contributed by atoms with van der Waals surface area (Å²) in [7, 11) is 0. The summed E-state index contributed by atoms with van der Waals surface area (Å²) in [6.07, 6.45) is 9.31. The summed E-state index contributed by atoms with van der Waals surface area (Å²) in [5, 5.41) is 10.5. The number of guanidine groups is 1. The van der Waals surface area contributed by atoms with Gasteiger partial charge in [0, 0.05) is 37.9 Å². The van der Waals surface area contributed by atoms with Gasteiger partial charge in [-0.1, -0.05) is 6.07 Å². The quantitative estimate of drug-likeness (QED) is 0.292. The Morgan fingerprint density at radius 2 is 2.00 bits per heavy atom. The van der Waals surface area contributed by atoms with E-state index in [9.17, 15) is 0 Å². The predicted molar refractivity (Wildman–Crippen MR) is 140 cm³/mol. The van der Waals surface area contributed by atoms with E-state index in [1.54, 1.807) is 0 Å². The summed E-state index contributed by atoms with van der Waals surface area (Å²) < 4.78 is 5.96. The van der Waals surface area contributed by atoms with Crippen LogP contribution in [0.15, 0.2) is 40.8 Å². The highest BCUT2D eigenvalue weighted by Crippen LogP contribution is 2.25. The van der Waals surface area contributed by atoms with E-state index in [1.807, 2.05) is 23.6 Å². The van der Waals surface area contributed by atoms with E-state index in [0.717, 1.165) is 62.7 Å². The molecule has 1 saturated heterocycles. The van der Waals surface area contributed by atoms with Gasteiger partial charge in [0.15, 0.2) is 5.96 Å². The van der Waals surface area contributed by atoms with Crippen molar-refractivity contribution in [1.82, 2.24) is 15.6 Å². The van der Waals surface area contributed by atoms with Crippen molar-refractivity contribution >= 4 is 46.3 Å². The average Bonchev–Trinajstić information content (AvgIpc) is 3.48. The van der Waals surface area contributed by atoms with E-state index in [0.29, 0.717) is 18.7 Å². The number of hydrogen-bond donors (Lipinski definition) is 2. The number of thiophene rings is 1. The highest BCUT2D eigenvalue weighted by molar-refractivity contribution is 14.0. The van der Waals surface area contributed by atoms with Crippen LogP contribution in [0.2, 0.25) is 0 Å². The molecule has 6 nitrogen and oxygen atoms in total. The van der Waals surface area contributed by atoms with Crippen molar-refractivity contribution in [2.45, 2.75) is 64.1 Å². The lowest BCUT2D eigenvalue weighted by Crippen LogP contribution is -2.48. The lowest BCUT2D eigenvalue weighted by molar-refractivity contribution is 0.201. The van der Waals surface area contributed by atoms with Crippen molar-refractivity contribution in [3.8, 4) is 5.88 Å². The summed E-state index contributed by atoms with van der Waals surface area (Å²) in [5.74, 6) is 1.62. The van der Waals surface area contributed by atoms with Gasteiger partial charge in [-0.25, -0.2) is 9.98 Å². The molecule has 4 rings (SSSR count). The van der Waals surface area contributed by atoms with Gasteiger partial charge in [0.2, 0.25) is 5.88 Å². The minimum Gasteiger partial charge on any atom is -0.474 e. The molecule has 2 aliphatic rings. The predicted octanol–water partition coefficient (Wildman–Crippen LogP) is 4.81. The van der Waals surface area contributed by atoms with E-state index >= 15 is 0 Å². The number of piperidine rings is 1. The van der Waals surface area contributed by atoms with Gasteiger partial charge >= 0.3 is 0 Å². The minimum absolute atomic E-state index is 0. The fourth-order valence-electron chi connectivity index (χ4n) is 4.13. The molecule has 2 N–H and O–H groups in total. The molecule has 0 atom stereocenters. The van der Waals surface area contributed by atoms with E-state index in [4.69, 9.17) is 9.73 Å². The third kappa shape index (κ3) is 7.24. The summed E-state index contributed by atoms with van der Waals surface area (Å²) in [4.78, 5) is 11.7. The number of nitrogens with zero attached hydrogens (tertiary/aromatic N) is 3. The summed E-state index contributed by atoms with van der Waals surface area (Å²) in [6.45, 7) is 5.74. The number of rotatable bonds is 7. The SMILES string of the molecule is CCNC(=NCc1ccc(OC2CCCC2)nc1)NC1CCN(c2cccs2)CC1.I. The molecule has 0 bridgehead atoms. The molecule has 0 amide bonds. The van der Waals surface area contributed by atoms with Gasteiger partial charge in [0.1, 0.15) is 6.10 Å². The zero-order valence-corrected chi connectivity index (χ0v) is 21.4. The third-order valence-electron chi connectivity index (χ3n) is 5.80. The van der Waals surface area contributed by atoms with Crippen molar-refractivity contribution in [3.63, 3.8) is 0 Å². The number of halogens is 1.